The number of pyridine rings is 2. The van der Waals surface area contributed by atoms with Crippen LogP contribution in [0, 0.1) is 12.3 Å². The zero-order valence-corrected chi connectivity index (χ0v) is 19.7. The number of nitrogens with one attached hydrogen (secondary N) is 2. The highest BCUT2D eigenvalue weighted by Gasteiger charge is 2.19. The third-order valence-electron chi connectivity index (χ3n) is 5.90. The normalized spacial score (nSPS) is 12.2. The van der Waals surface area contributed by atoms with E-state index in [1.54, 1.807) is 16.8 Å². The Morgan fingerprint density at radius 1 is 1.18 bits per heavy atom. The zero-order valence-electron chi connectivity index (χ0n) is 19.7. The van der Waals surface area contributed by atoms with Gasteiger partial charge in [-0.05, 0) is 50.5 Å². The molecule has 0 aliphatic carbocycles. The Hall–Kier alpha value is -3.78. The van der Waals surface area contributed by atoms with Gasteiger partial charge in [0, 0.05) is 26.0 Å². The van der Waals surface area contributed by atoms with Gasteiger partial charge in [0.2, 0.25) is 0 Å². The summed E-state index contributed by atoms with van der Waals surface area (Å²) < 4.78 is 8.59. The van der Waals surface area contributed by atoms with E-state index in [1.165, 1.54) is 10.5 Å². The Labute approximate surface area is 197 Å². The van der Waals surface area contributed by atoms with Gasteiger partial charge in [-0.3, -0.25) is 19.4 Å². The average molecular weight is 460 g/mol. The van der Waals surface area contributed by atoms with E-state index in [0.717, 1.165) is 11.1 Å². The summed E-state index contributed by atoms with van der Waals surface area (Å²) in [6.07, 6.45) is 2.29. The topological polar surface area (TPSA) is 101 Å². The molecule has 4 rings (SSSR count). The van der Waals surface area contributed by atoms with Crippen LogP contribution < -0.4 is 16.4 Å². The van der Waals surface area contributed by atoms with Gasteiger partial charge in [0.15, 0.2) is 0 Å². The summed E-state index contributed by atoms with van der Waals surface area (Å²) in [5.74, 6) is -0.407. The van der Waals surface area contributed by atoms with E-state index in [4.69, 9.17) is 15.1 Å². The standard InChI is InChI=1S/C26H29N5O3/c1-4-34-15-9-14-30-22(27)20(25(32)28-18(3)19-11-6-5-7-12-19)16-21-24(30)29-23-17(2)10-8-13-31(23)26(21)33/h5-8,10-13,16,18,27H,4,9,14-15H2,1-3H3,(H,28,32)/t18-/m1/s1. The minimum atomic E-state index is -0.407. The second-order valence-electron chi connectivity index (χ2n) is 8.25. The first-order valence-electron chi connectivity index (χ1n) is 11.5. The summed E-state index contributed by atoms with van der Waals surface area (Å²) in [5.41, 5.74) is 2.63. The Morgan fingerprint density at radius 3 is 2.68 bits per heavy atom. The van der Waals surface area contributed by atoms with Crippen molar-refractivity contribution in [3.05, 3.63) is 87.3 Å². The number of fused-ring (bicyclic) bond motifs is 2. The molecule has 0 fully saturated rings. The van der Waals surface area contributed by atoms with E-state index >= 15 is 0 Å². The van der Waals surface area contributed by atoms with E-state index in [9.17, 15) is 9.59 Å². The van der Waals surface area contributed by atoms with Crippen LogP contribution in [0.3, 0.4) is 0 Å². The van der Waals surface area contributed by atoms with Crippen LogP contribution in [0.25, 0.3) is 16.7 Å². The summed E-state index contributed by atoms with van der Waals surface area (Å²) in [6, 6.07) is 14.5. The van der Waals surface area contributed by atoms with Gasteiger partial charge >= 0.3 is 0 Å². The van der Waals surface area contributed by atoms with E-state index in [-0.39, 0.29) is 22.7 Å². The van der Waals surface area contributed by atoms with Crippen LogP contribution in [0.2, 0.25) is 0 Å². The predicted octanol–water partition coefficient (Wildman–Crippen LogP) is 3.35. The van der Waals surface area contributed by atoms with Gasteiger partial charge in [0.25, 0.3) is 11.5 Å². The maximum absolute atomic E-state index is 13.4. The first kappa shape index (κ1) is 23.4. The number of carbonyl (C=O) groups is 1. The highest BCUT2D eigenvalue weighted by molar-refractivity contribution is 5.97. The molecule has 1 aromatic carbocycles. The van der Waals surface area contributed by atoms with Crippen molar-refractivity contribution < 1.29 is 9.53 Å². The van der Waals surface area contributed by atoms with Gasteiger partial charge in [-0.25, -0.2) is 4.98 Å². The highest BCUT2D eigenvalue weighted by atomic mass is 16.5. The van der Waals surface area contributed by atoms with Crippen LogP contribution in [0.1, 0.15) is 47.8 Å². The lowest BCUT2D eigenvalue weighted by molar-refractivity contribution is 0.0937. The molecule has 1 amide bonds. The third kappa shape index (κ3) is 4.49. The lowest BCUT2D eigenvalue weighted by Crippen LogP contribution is -2.36. The molecule has 0 aliphatic heterocycles. The highest BCUT2D eigenvalue weighted by Crippen LogP contribution is 2.15. The van der Waals surface area contributed by atoms with Crippen molar-refractivity contribution in [1.82, 2.24) is 19.3 Å². The molecule has 0 saturated carbocycles. The smallest absolute Gasteiger partial charge is 0.267 e. The predicted molar refractivity (Wildman–Crippen MR) is 131 cm³/mol. The number of amides is 1. The molecule has 2 N–H and O–H groups in total. The first-order chi connectivity index (χ1) is 16.4. The second-order valence-corrected chi connectivity index (χ2v) is 8.25. The van der Waals surface area contributed by atoms with Crippen molar-refractivity contribution in [2.45, 2.75) is 39.8 Å². The van der Waals surface area contributed by atoms with Crippen LogP contribution in [0.4, 0.5) is 0 Å². The molecule has 8 heteroatoms. The molecule has 3 aromatic heterocycles. The number of aryl methyl sites for hydroxylation is 2. The van der Waals surface area contributed by atoms with Crippen LogP contribution in [0.15, 0.2) is 59.5 Å². The second kappa shape index (κ2) is 10.0. The van der Waals surface area contributed by atoms with E-state index in [1.807, 2.05) is 57.2 Å². The molecule has 34 heavy (non-hydrogen) atoms. The molecular weight excluding hydrogens is 430 g/mol. The minimum absolute atomic E-state index is 0.0200. The van der Waals surface area contributed by atoms with Gasteiger partial charge in [-0.2, -0.15) is 0 Å². The minimum Gasteiger partial charge on any atom is -0.382 e. The fourth-order valence-electron chi connectivity index (χ4n) is 4.06. The van der Waals surface area contributed by atoms with E-state index < -0.39 is 5.91 Å². The summed E-state index contributed by atoms with van der Waals surface area (Å²) >= 11 is 0. The maximum atomic E-state index is 13.4. The molecule has 176 valence electrons. The largest absolute Gasteiger partial charge is 0.382 e. The third-order valence-corrected chi connectivity index (χ3v) is 5.90. The fraction of sp³-hybridized carbons (Fsp3) is 0.308. The summed E-state index contributed by atoms with van der Waals surface area (Å²) in [4.78, 5) is 31.4. The van der Waals surface area contributed by atoms with Crippen molar-refractivity contribution in [3.63, 3.8) is 0 Å². The molecule has 0 aliphatic rings. The molecular formula is C26H29N5O3. The Kier molecular flexibility index (Phi) is 6.88. The Morgan fingerprint density at radius 2 is 1.94 bits per heavy atom. The number of aromatic nitrogens is 3. The summed E-state index contributed by atoms with van der Waals surface area (Å²) in [7, 11) is 0. The molecule has 0 radical (unpaired) electrons. The Balaban J connectivity index is 1.85. The number of carbonyl (C=O) groups excluding carboxylic acids is 1. The van der Waals surface area contributed by atoms with Gasteiger partial charge in [-0.15, -0.1) is 0 Å². The van der Waals surface area contributed by atoms with Gasteiger partial charge < -0.3 is 14.6 Å². The first-order valence-corrected chi connectivity index (χ1v) is 11.5. The molecule has 0 spiro atoms. The molecule has 1 atom stereocenters. The van der Waals surface area contributed by atoms with Crippen LogP contribution in [-0.4, -0.2) is 33.1 Å². The average Bonchev–Trinajstić information content (AvgIpc) is 2.84. The lowest BCUT2D eigenvalue weighted by Gasteiger charge is -2.17. The van der Waals surface area contributed by atoms with Crippen LogP contribution in [0.5, 0.6) is 0 Å². The summed E-state index contributed by atoms with van der Waals surface area (Å²) in [6.45, 7) is 7.22. The number of benzene rings is 1. The SMILES string of the molecule is CCOCCCn1c(=N)c(C(=O)N[C@H](C)c2ccccc2)cc2c(=O)n3cccc(C)c3nc21. The monoisotopic (exact) mass is 459 g/mol. The molecule has 3 heterocycles. The molecule has 8 nitrogen and oxygen atoms in total. The van der Waals surface area contributed by atoms with Gasteiger partial charge in [0.05, 0.1) is 17.0 Å². The van der Waals surface area contributed by atoms with Crippen molar-refractivity contribution in [3.8, 4) is 0 Å². The molecule has 0 unspecified atom stereocenters. The molecule has 4 aromatic rings. The number of rotatable bonds is 8. The van der Waals surface area contributed by atoms with Crippen molar-refractivity contribution in [2.75, 3.05) is 13.2 Å². The number of nitrogens with zero attached hydrogens (tertiary/aromatic N) is 3. The number of hydrogen-bond donors (Lipinski definition) is 2. The van der Waals surface area contributed by atoms with E-state index in [0.29, 0.717) is 42.9 Å². The van der Waals surface area contributed by atoms with E-state index in [2.05, 4.69) is 5.32 Å². The van der Waals surface area contributed by atoms with Crippen LogP contribution in [-0.2, 0) is 11.3 Å². The number of ether oxygens (including phenoxy) is 1. The lowest BCUT2D eigenvalue weighted by atomic mass is 10.1. The number of hydrogen-bond acceptors (Lipinski definition) is 5. The molecule has 0 bridgehead atoms. The van der Waals surface area contributed by atoms with Crippen molar-refractivity contribution in [2.24, 2.45) is 0 Å². The fourth-order valence-corrected chi connectivity index (χ4v) is 4.06. The maximum Gasteiger partial charge on any atom is 0.267 e. The van der Waals surface area contributed by atoms with Gasteiger partial charge in [0.1, 0.15) is 16.8 Å². The van der Waals surface area contributed by atoms with Gasteiger partial charge in [-0.1, -0.05) is 36.4 Å². The molecule has 0 saturated heterocycles. The van der Waals surface area contributed by atoms with Crippen molar-refractivity contribution >= 4 is 22.6 Å². The zero-order chi connectivity index (χ0) is 24.2. The Bertz CT molecular complexity index is 1460. The quantitative estimate of drug-likeness (QED) is 0.312. The summed E-state index contributed by atoms with van der Waals surface area (Å²) in [5, 5.41) is 12.1. The van der Waals surface area contributed by atoms with Crippen molar-refractivity contribution in [1.29, 1.82) is 5.41 Å². The van der Waals surface area contributed by atoms with Crippen LogP contribution >= 0.6 is 0 Å².